The van der Waals surface area contributed by atoms with Gasteiger partial charge in [-0.1, -0.05) is 18.5 Å². The van der Waals surface area contributed by atoms with E-state index in [1.165, 1.54) is 28.7 Å². The molecule has 0 saturated carbocycles. The van der Waals surface area contributed by atoms with Crippen LogP contribution in [0.2, 0.25) is 5.02 Å². The number of nitriles is 1. The Morgan fingerprint density at radius 1 is 1.32 bits per heavy atom. The number of carbonyl (C=O) groups excluding carboxylic acids is 1. The van der Waals surface area contributed by atoms with Gasteiger partial charge in [-0.05, 0) is 37.1 Å². The molecule has 11 nitrogen and oxygen atoms in total. The average molecular weight is 481 g/mol. The molecule has 1 aromatic carbocycles. The first-order valence-electron chi connectivity index (χ1n) is 10.4. The van der Waals surface area contributed by atoms with Gasteiger partial charge < -0.3 is 14.9 Å². The highest BCUT2D eigenvalue weighted by Crippen LogP contribution is 2.25. The lowest BCUT2D eigenvalue weighted by atomic mass is 10.1. The summed E-state index contributed by atoms with van der Waals surface area (Å²) in [7, 11) is 1.45. The number of hydrogen-bond donors (Lipinski definition) is 2. The maximum Gasteiger partial charge on any atom is 0.333 e. The second-order valence-electron chi connectivity index (χ2n) is 7.69. The van der Waals surface area contributed by atoms with Crippen LogP contribution in [0.1, 0.15) is 25.5 Å². The molecule has 0 bridgehead atoms. The van der Waals surface area contributed by atoms with E-state index in [1.54, 1.807) is 19.1 Å². The maximum absolute atomic E-state index is 13.0. The van der Waals surface area contributed by atoms with E-state index in [0.29, 0.717) is 16.7 Å². The first-order valence-corrected chi connectivity index (χ1v) is 10.8. The number of rotatable bonds is 6. The van der Waals surface area contributed by atoms with Gasteiger partial charge in [-0.2, -0.15) is 5.26 Å². The number of nitrogens with zero attached hydrogens (tertiary/aromatic N) is 6. The minimum Gasteiger partial charge on any atom is -0.325 e. The number of anilines is 1. The molecule has 0 aliphatic heterocycles. The third-order valence-electron chi connectivity index (χ3n) is 5.62. The highest BCUT2D eigenvalue weighted by molar-refractivity contribution is 6.31. The molecule has 34 heavy (non-hydrogen) atoms. The predicted octanol–water partition coefficient (Wildman–Crippen LogP) is 2.23. The summed E-state index contributed by atoms with van der Waals surface area (Å²) in [6, 6.07) is 6.53. The number of imidazole rings is 2. The smallest absolute Gasteiger partial charge is 0.325 e. The minimum atomic E-state index is -0.847. The van der Waals surface area contributed by atoms with Gasteiger partial charge >= 0.3 is 5.69 Å². The first-order chi connectivity index (χ1) is 16.3. The molecule has 0 aliphatic carbocycles. The normalized spacial score (nSPS) is 12.0. The summed E-state index contributed by atoms with van der Waals surface area (Å²) in [4.78, 5) is 49.7. The number of carbonyl (C=O) groups is 1. The number of halogens is 1. The Labute approximate surface area is 198 Å². The van der Waals surface area contributed by atoms with Crippen molar-refractivity contribution in [1.82, 2.24) is 28.7 Å². The zero-order valence-corrected chi connectivity index (χ0v) is 19.4. The third-order valence-corrected chi connectivity index (χ3v) is 5.99. The predicted molar refractivity (Wildman–Crippen MR) is 127 cm³/mol. The van der Waals surface area contributed by atoms with E-state index in [4.69, 9.17) is 16.9 Å². The molecule has 0 fully saturated rings. The number of fused-ring (bicyclic) bond motifs is 1. The highest BCUT2D eigenvalue weighted by atomic mass is 35.5. The standard InChI is InChI=1S/C22H21ClN8O3/c1-4-13-9-14(5-6-15(13)23)18-25-10-16(27-18)28-20(32)12(2)31-11-26-19-17(31)21(33)30(8-7-24)22(34)29(19)3/h5-6,9-12H,4,8H2,1-3H3,(H,25,27)(H,28,32). The van der Waals surface area contributed by atoms with Crippen molar-refractivity contribution >= 4 is 34.5 Å². The number of hydrogen-bond acceptors (Lipinski definition) is 6. The number of H-pyrrole nitrogens is 1. The zero-order valence-electron chi connectivity index (χ0n) is 18.7. The van der Waals surface area contributed by atoms with Gasteiger partial charge in [0, 0.05) is 17.6 Å². The van der Waals surface area contributed by atoms with Crippen molar-refractivity contribution in [2.75, 3.05) is 5.32 Å². The van der Waals surface area contributed by atoms with Crippen LogP contribution in [0.15, 0.2) is 40.3 Å². The molecule has 0 spiro atoms. The fourth-order valence-corrected chi connectivity index (χ4v) is 3.93. The van der Waals surface area contributed by atoms with Gasteiger partial charge in [0.25, 0.3) is 5.56 Å². The third kappa shape index (κ3) is 3.88. The van der Waals surface area contributed by atoms with Crippen LogP contribution in [0.5, 0.6) is 0 Å². The molecule has 12 heteroatoms. The van der Waals surface area contributed by atoms with E-state index in [9.17, 15) is 14.4 Å². The Morgan fingerprint density at radius 3 is 2.79 bits per heavy atom. The van der Waals surface area contributed by atoms with Gasteiger partial charge in [-0.25, -0.2) is 19.3 Å². The van der Waals surface area contributed by atoms with Crippen molar-refractivity contribution in [3.05, 3.63) is 62.1 Å². The van der Waals surface area contributed by atoms with Gasteiger partial charge in [0.1, 0.15) is 24.2 Å². The fourth-order valence-electron chi connectivity index (χ4n) is 3.68. The molecule has 174 valence electrons. The molecule has 1 atom stereocenters. The van der Waals surface area contributed by atoms with Crippen LogP contribution < -0.4 is 16.6 Å². The molecule has 4 aromatic rings. The van der Waals surface area contributed by atoms with E-state index in [1.807, 2.05) is 19.1 Å². The van der Waals surface area contributed by atoms with Crippen molar-refractivity contribution in [2.24, 2.45) is 7.05 Å². The van der Waals surface area contributed by atoms with Crippen molar-refractivity contribution in [1.29, 1.82) is 5.26 Å². The molecule has 0 saturated heterocycles. The maximum atomic E-state index is 13.0. The van der Waals surface area contributed by atoms with Crippen molar-refractivity contribution < 1.29 is 4.79 Å². The van der Waals surface area contributed by atoms with Crippen LogP contribution in [0.3, 0.4) is 0 Å². The molecule has 4 rings (SSSR count). The topological polar surface area (TPSA) is 143 Å². The van der Waals surface area contributed by atoms with Crippen LogP contribution in [-0.2, 0) is 24.8 Å². The summed E-state index contributed by atoms with van der Waals surface area (Å²) in [6.45, 7) is 3.20. The minimum absolute atomic E-state index is 0.0542. The quantitative estimate of drug-likeness (QED) is 0.433. The Morgan fingerprint density at radius 2 is 2.09 bits per heavy atom. The summed E-state index contributed by atoms with van der Waals surface area (Å²) >= 11 is 6.19. The number of benzene rings is 1. The Hall–Kier alpha value is -4.17. The molecule has 3 heterocycles. The van der Waals surface area contributed by atoms with Gasteiger partial charge in [0.05, 0.1) is 18.6 Å². The number of aryl methyl sites for hydroxylation is 2. The largest absolute Gasteiger partial charge is 0.333 e. The van der Waals surface area contributed by atoms with Crippen LogP contribution in [0.4, 0.5) is 5.82 Å². The molecule has 2 N–H and O–H groups in total. The molecular weight excluding hydrogens is 460 g/mol. The summed E-state index contributed by atoms with van der Waals surface area (Å²) in [5, 5.41) is 12.4. The lowest BCUT2D eigenvalue weighted by molar-refractivity contribution is -0.118. The molecular formula is C22H21ClN8O3. The van der Waals surface area contributed by atoms with Crippen LogP contribution >= 0.6 is 11.6 Å². The molecule has 1 unspecified atom stereocenters. The summed E-state index contributed by atoms with van der Waals surface area (Å²) in [5.74, 6) is 0.510. The van der Waals surface area contributed by atoms with Gasteiger partial charge in [0.2, 0.25) is 5.91 Å². The zero-order chi connectivity index (χ0) is 24.6. The first kappa shape index (κ1) is 23.0. The van der Waals surface area contributed by atoms with Gasteiger partial charge in [-0.15, -0.1) is 0 Å². The summed E-state index contributed by atoms with van der Waals surface area (Å²) < 4.78 is 3.36. The van der Waals surface area contributed by atoms with E-state index < -0.39 is 29.7 Å². The molecule has 3 aromatic heterocycles. The molecule has 0 radical (unpaired) electrons. The lowest BCUT2D eigenvalue weighted by Gasteiger charge is -2.14. The number of aromatic amines is 1. The molecule has 1 amide bonds. The monoisotopic (exact) mass is 480 g/mol. The van der Waals surface area contributed by atoms with Gasteiger partial charge in [-0.3, -0.25) is 14.2 Å². The van der Waals surface area contributed by atoms with Crippen LogP contribution in [0, 0.1) is 11.3 Å². The Kier molecular flexibility index (Phi) is 6.08. The fraction of sp³-hybridized carbons (Fsp3) is 0.273. The average Bonchev–Trinajstić information content (AvgIpc) is 3.48. The highest BCUT2D eigenvalue weighted by Gasteiger charge is 2.23. The Balaban J connectivity index is 1.63. The van der Waals surface area contributed by atoms with E-state index in [2.05, 4.69) is 20.3 Å². The number of amides is 1. The van der Waals surface area contributed by atoms with E-state index in [0.717, 1.165) is 22.1 Å². The second-order valence-corrected chi connectivity index (χ2v) is 8.09. The second kappa shape index (κ2) is 8.99. The van der Waals surface area contributed by atoms with Crippen LogP contribution in [-0.4, -0.2) is 34.6 Å². The lowest BCUT2D eigenvalue weighted by Crippen LogP contribution is -2.40. The summed E-state index contributed by atoms with van der Waals surface area (Å²) in [6.07, 6.45) is 3.59. The van der Waals surface area contributed by atoms with Crippen molar-refractivity contribution in [3.8, 4) is 17.5 Å². The number of aromatic nitrogens is 6. The van der Waals surface area contributed by atoms with Crippen molar-refractivity contribution in [3.63, 3.8) is 0 Å². The SMILES string of the molecule is CCc1cc(-c2ncc(NC(=O)C(C)n3cnc4c3c(=O)n(CC#N)c(=O)n4C)[nH]2)ccc1Cl. The van der Waals surface area contributed by atoms with Crippen LogP contribution in [0.25, 0.3) is 22.6 Å². The molecule has 0 aliphatic rings. The van der Waals surface area contributed by atoms with E-state index >= 15 is 0 Å². The van der Waals surface area contributed by atoms with Gasteiger partial charge in [0.15, 0.2) is 11.2 Å². The van der Waals surface area contributed by atoms with Crippen molar-refractivity contribution in [2.45, 2.75) is 32.9 Å². The number of nitrogens with one attached hydrogen (secondary N) is 2. The summed E-state index contributed by atoms with van der Waals surface area (Å²) in [5.41, 5.74) is 0.656. The van der Waals surface area contributed by atoms with E-state index in [-0.39, 0.29) is 11.2 Å². The Bertz CT molecular complexity index is 1570.